The molecule has 20 heavy (non-hydrogen) atoms. The second kappa shape index (κ2) is 6.81. The van der Waals surface area contributed by atoms with Gasteiger partial charge in [0.25, 0.3) is 0 Å². The number of methoxy groups -OCH3 is 1. The number of nitrogens with two attached hydrogens (primary N) is 1. The molecule has 110 valence electrons. The average molecular weight is 280 g/mol. The number of likely N-dealkylation sites (tertiary alicyclic amines) is 1. The van der Waals surface area contributed by atoms with Crippen LogP contribution in [0.5, 0.6) is 0 Å². The largest absolute Gasteiger partial charge is 0.468 e. The van der Waals surface area contributed by atoms with Crippen LogP contribution in [0.15, 0.2) is 18.2 Å². The maximum absolute atomic E-state index is 14.2. The number of hydrogen-bond donors (Lipinski definition) is 1. The second-order valence-electron chi connectivity index (χ2n) is 5.10. The number of rotatable bonds is 4. The summed E-state index contributed by atoms with van der Waals surface area (Å²) in [5.41, 5.74) is 6.62. The van der Waals surface area contributed by atoms with Gasteiger partial charge in [0.2, 0.25) is 0 Å². The number of carbonyl (C=O) groups is 1. The Labute approximate surface area is 118 Å². The van der Waals surface area contributed by atoms with Crippen molar-refractivity contribution in [3.05, 3.63) is 35.1 Å². The number of benzene rings is 1. The molecule has 0 bridgehead atoms. The second-order valence-corrected chi connectivity index (χ2v) is 5.10. The molecule has 1 aromatic rings. The van der Waals surface area contributed by atoms with Crippen LogP contribution in [0, 0.1) is 5.82 Å². The van der Waals surface area contributed by atoms with E-state index in [1.54, 1.807) is 18.2 Å². The van der Waals surface area contributed by atoms with Crippen LogP contribution < -0.4 is 5.73 Å². The molecule has 1 unspecified atom stereocenters. The first kappa shape index (κ1) is 14.9. The Morgan fingerprint density at radius 1 is 1.45 bits per heavy atom. The molecule has 2 N–H and O–H groups in total. The third kappa shape index (κ3) is 3.16. The van der Waals surface area contributed by atoms with Crippen LogP contribution in [-0.4, -0.2) is 30.6 Å². The van der Waals surface area contributed by atoms with Crippen LogP contribution in [0.3, 0.4) is 0 Å². The number of esters is 1. The van der Waals surface area contributed by atoms with Gasteiger partial charge < -0.3 is 10.5 Å². The zero-order valence-electron chi connectivity index (χ0n) is 11.8. The molecule has 4 nitrogen and oxygen atoms in total. The van der Waals surface area contributed by atoms with E-state index in [1.807, 2.05) is 4.90 Å². The fraction of sp³-hybridized carbons (Fsp3) is 0.533. The average Bonchev–Trinajstić information content (AvgIpc) is 2.49. The van der Waals surface area contributed by atoms with Gasteiger partial charge in [0, 0.05) is 24.2 Å². The Balaban J connectivity index is 2.16. The molecule has 2 rings (SSSR count). The number of halogens is 1. The highest BCUT2D eigenvalue weighted by molar-refractivity contribution is 5.75. The van der Waals surface area contributed by atoms with Crippen molar-refractivity contribution in [2.75, 3.05) is 13.7 Å². The quantitative estimate of drug-likeness (QED) is 0.855. The SMILES string of the molecule is COC(=O)C1CCCCN1Cc1cccc(CN)c1F. The van der Waals surface area contributed by atoms with E-state index >= 15 is 0 Å². The highest BCUT2D eigenvalue weighted by Gasteiger charge is 2.29. The molecular weight excluding hydrogens is 259 g/mol. The van der Waals surface area contributed by atoms with Crippen molar-refractivity contribution >= 4 is 5.97 Å². The minimum Gasteiger partial charge on any atom is -0.468 e. The molecule has 5 heteroatoms. The fourth-order valence-corrected chi connectivity index (χ4v) is 2.71. The Morgan fingerprint density at radius 2 is 2.20 bits per heavy atom. The lowest BCUT2D eigenvalue weighted by molar-refractivity contribution is -0.148. The third-order valence-corrected chi connectivity index (χ3v) is 3.84. The molecule has 0 amide bonds. The van der Waals surface area contributed by atoms with Gasteiger partial charge in [-0.3, -0.25) is 9.69 Å². The molecule has 1 aliphatic heterocycles. The van der Waals surface area contributed by atoms with Crippen LogP contribution in [0.2, 0.25) is 0 Å². The number of nitrogens with zero attached hydrogens (tertiary/aromatic N) is 1. The predicted octanol–water partition coefficient (Wildman–Crippen LogP) is 1.81. The molecule has 1 fully saturated rings. The van der Waals surface area contributed by atoms with Crippen molar-refractivity contribution in [1.29, 1.82) is 0 Å². The van der Waals surface area contributed by atoms with E-state index in [4.69, 9.17) is 10.5 Å². The monoisotopic (exact) mass is 280 g/mol. The van der Waals surface area contributed by atoms with Crippen LogP contribution in [0.25, 0.3) is 0 Å². The Bertz CT molecular complexity index is 479. The van der Waals surface area contributed by atoms with Gasteiger partial charge in [-0.25, -0.2) is 4.39 Å². The summed E-state index contributed by atoms with van der Waals surface area (Å²) in [5, 5.41) is 0. The standard InChI is InChI=1S/C15H21FN2O2/c1-20-15(19)13-7-2-3-8-18(13)10-12-6-4-5-11(9-17)14(12)16/h4-6,13H,2-3,7-10,17H2,1H3. The summed E-state index contributed by atoms with van der Waals surface area (Å²) in [5.74, 6) is -0.496. The van der Waals surface area contributed by atoms with Gasteiger partial charge in [-0.1, -0.05) is 24.6 Å². The van der Waals surface area contributed by atoms with E-state index in [0.29, 0.717) is 17.7 Å². The zero-order valence-corrected chi connectivity index (χ0v) is 11.8. The highest BCUT2D eigenvalue weighted by Crippen LogP contribution is 2.22. The van der Waals surface area contributed by atoms with E-state index in [2.05, 4.69) is 0 Å². The molecule has 0 spiro atoms. The summed E-state index contributed by atoms with van der Waals surface area (Å²) in [4.78, 5) is 13.8. The van der Waals surface area contributed by atoms with Crippen LogP contribution >= 0.6 is 0 Å². The van der Waals surface area contributed by atoms with Crippen LogP contribution in [-0.2, 0) is 22.6 Å². The lowest BCUT2D eigenvalue weighted by Crippen LogP contribution is -2.44. The Morgan fingerprint density at radius 3 is 2.90 bits per heavy atom. The van der Waals surface area contributed by atoms with Gasteiger partial charge in [-0.05, 0) is 19.4 Å². The van der Waals surface area contributed by atoms with Crippen molar-refractivity contribution in [1.82, 2.24) is 4.90 Å². The van der Waals surface area contributed by atoms with Crippen molar-refractivity contribution in [3.8, 4) is 0 Å². The Kier molecular flexibility index (Phi) is 5.09. The van der Waals surface area contributed by atoms with Crippen molar-refractivity contribution < 1.29 is 13.9 Å². The highest BCUT2D eigenvalue weighted by atomic mass is 19.1. The molecule has 1 heterocycles. The molecule has 0 saturated carbocycles. The minimum absolute atomic E-state index is 0.181. The molecular formula is C15H21FN2O2. The van der Waals surface area contributed by atoms with Gasteiger partial charge in [-0.2, -0.15) is 0 Å². The summed E-state index contributed by atoms with van der Waals surface area (Å²) >= 11 is 0. The number of carbonyl (C=O) groups excluding carboxylic acids is 1. The molecule has 0 aliphatic carbocycles. The summed E-state index contributed by atoms with van der Waals surface area (Å²) in [6.45, 7) is 1.38. The maximum atomic E-state index is 14.2. The third-order valence-electron chi connectivity index (χ3n) is 3.84. The topological polar surface area (TPSA) is 55.6 Å². The number of ether oxygens (including phenoxy) is 1. The summed E-state index contributed by atoms with van der Waals surface area (Å²) in [7, 11) is 1.39. The fourth-order valence-electron chi connectivity index (χ4n) is 2.71. The van der Waals surface area contributed by atoms with E-state index in [1.165, 1.54) is 7.11 Å². The van der Waals surface area contributed by atoms with E-state index in [-0.39, 0.29) is 24.4 Å². The molecule has 1 aliphatic rings. The van der Waals surface area contributed by atoms with E-state index in [0.717, 1.165) is 25.8 Å². The maximum Gasteiger partial charge on any atom is 0.323 e. The van der Waals surface area contributed by atoms with Crippen LogP contribution in [0.1, 0.15) is 30.4 Å². The first-order valence-corrected chi connectivity index (χ1v) is 6.95. The first-order chi connectivity index (χ1) is 9.67. The molecule has 0 aromatic heterocycles. The number of hydrogen-bond acceptors (Lipinski definition) is 4. The molecule has 0 radical (unpaired) electrons. The smallest absolute Gasteiger partial charge is 0.323 e. The minimum atomic E-state index is -0.269. The Hall–Kier alpha value is -1.46. The first-order valence-electron chi connectivity index (χ1n) is 6.95. The molecule has 1 aromatic carbocycles. The van der Waals surface area contributed by atoms with Gasteiger partial charge in [0.1, 0.15) is 11.9 Å². The summed E-state index contributed by atoms with van der Waals surface area (Å²) in [6.07, 6.45) is 2.79. The van der Waals surface area contributed by atoms with Gasteiger partial charge in [-0.15, -0.1) is 0 Å². The predicted molar refractivity (Wildman–Crippen MR) is 74.4 cm³/mol. The zero-order chi connectivity index (χ0) is 14.5. The van der Waals surface area contributed by atoms with Gasteiger partial charge in [0.05, 0.1) is 7.11 Å². The summed E-state index contributed by atoms with van der Waals surface area (Å²) in [6, 6.07) is 4.97. The van der Waals surface area contributed by atoms with Gasteiger partial charge in [0.15, 0.2) is 0 Å². The van der Waals surface area contributed by atoms with Crippen molar-refractivity contribution in [3.63, 3.8) is 0 Å². The molecule has 1 saturated heterocycles. The van der Waals surface area contributed by atoms with E-state index in [9.17, 15) is 9.18 Å². The normalized spacial score (nSPS) is 19.9. The van der Waals surface area contributed by atoms with Crippen molar-refractivity contribution in [2.24, 2.45) is 5.73 Å². The van der Waals surface area contributed by atoms with Gasteiger partial charge >= 0.3 is 5.97 Å². The lowest BCUT2D eigenvalue weighted by Gasteiger charge is -2.33. The number of piperidine rings is 1. The molecule has 1 atom stereocenters. The van der Waals surface area contributed by atoms with Crippen molar-refractivity contribution in [2.45, 2.75) is 38.4 Å². The van der Waals surface area contributed by atoms with Crippen LogP contribution in [0.4, 0.5) is 4.39 Å². The van der Waals surface area contributed by atoms with E-state index < -0.39 is 0 Å². The lowest BCUT2D eigenvalue weighted by atomic mass is 10.0. The summed E-state index contributed by atoms with van der Waals surface area (Å²) < 4.78 is 19.1.